The third kappa shape index (κ3) is 4.55. The molecular weight excluding hydrogens is 316 g/mol. The number of methoxy groups -OCH3 is 1. The molecule has 1 aromatic rings. The van der Waals surface area contributed by atoms with Crippen LogP contribution in [0, 0.1) is 0 Å². The number of sulfone groups is 1. The van der Waals surface area contributed by atoms with E-state index in [-0.39, 0.29) is 27.4 Å². The minimum Gasteiger partial charge on any atom is -0.383 e. The van der Waals surface area contributed by atoms with E-state index in [2.05, 4.69) is 15.0 Å². The second kappa shape index (κ2) is 7.57. The van der Waals surface area contributed by atoms with E-state index in [1.165, 1.54) is 14.0 Å². The maximum Gasteiger partial charge on any atom is 0.242 e. The van der Waals surface area contributed by atoms with Crippen LogP contribution >= 0.6 is 11.5 Å². The molecule has 1 unspecified atom stereocenters. The first-order valence-electron chi connectivity index (χ1n) is 6.34. The molecule has 0 aromatic carbocycles. The fourth-order valence-electron chi connectivity index (χ4n) is 1.52. The Kier molecular flexibility index (Phi) is 6.37. The van der Waals surface area contributed by atoms with Crippen LogP contribution in [-0.4, -0.2) is 50.8 Å². The van der Waals surface area contributed by atoms with Crippen molar-refractivity contribution in [3.8, 4) is 0 Å². The highest BCUT2D eigenvalue weighted by atomic mass is 32.2. The van der Waals surface area contributed by atoms with Crippen molar-refractivity contribution < 1.29 is 17.9 Å². The predicted molar refractivity (Wildman–Crippen MR) is 82.2 cm³/mol. The number of rotatable bonds is 8. The van der Waals surface area contributed by atoms with Crippen molar-refractivity contribution in [1.29, 1.82) is 0 Å². The molecule has 1 aromatic heterocycles. The Morgan fingerprint density at radius 2 is 2.19 bits per heavy atom. The summed E-state index contributed by atoms with van der Waals surface area (Å²) >= 11 is 0.923. The Bertz CT molecular complexity index is 585. The van der Waals surface area contributed by atoms with E-state index in [9.17, 15) is 13.2 Å². The van der Waals surface area contributed by atoms with Crippen molar-refractivity contribution in [2.45, 2.75) is 24.8 Å². The highest BCUT2D eigenvalue weighted by Gasteiger charge is 2.25. The van der Waals surface area contributed by atoms with Crippen molar-refractivity contribution in [3.63, 3.8) is 0 Å². The second-order valence-electron chi connectivity index (χ2n) is 4.28. The largest absolute Gasteiger partial charge is 0.383 e. The van der Waals surface area contributed by atoms with E-state index < -0.39 is 15.9 Å². The molecule has 0 saturated carbocycles. The fourth-order valence-corrected chi connectivity index (χ4v) is 3.77. The molecular formula is C11H20N4O4S2. The molecule has 0 saturated heterocycles. The zero-order valence-electron chi connectivity index (χ0n) is 12.2. The summed E-state index contributed by atoms with van der Waals surface area (Å²) in [7, 11) is -1.96. The van der Waals surface area contributed by atoms with E-state index in [0.29, 0.717) is 13.2 Å². The van der Waals surface area contributed by atoms with Gasteiger partial charge in [-0.3, -0.25) is 4.79 Å². The topological polar surface area (TPSA) is 123 Å². The molecule has 10 heteroatoms. The summed E-state index contributed by atoms with van der Waals surface area (Å²) < 4.78 is 32.7. The highest BCUT2D eigenvalue weighted by Crippen LogP contribution is 2.32. The van der Waals surface area contributed by atoms with Crippen LogP contribution in [0.5, 0.6) is 0 Å². The standard InChI is InChI=1S/C11H20N4O4S2/c1-4-21(17,18)8-9(12)15-20-11(8)14-7(2)10(16)13-5-6-19-3/h7,14H,4-6H2,1-3H3,(H2,12,15)(H,13,16). The van der Waals surface area contributed by atoms with Crippen molar-refractivity contribution in [2.75, 3.05) is 37.1 Å². The molecule has 4 N–H and O–H groups in total. The van der Waals surface area contributed by atoms with Gasteiger partial charge in [-0.05, 0) is 18.5 Å². The molecule has 1 rings (SSSR count). The number of ether oxygens (including phenoxy) is 1. The van der Waals surface area contributed by atoms with E-state index in [1.807, 2.05) is 0 Å². The SMILES string of the molecule is CCS(=O)(=O)c1c(N)nsc1NC(C)C(=O)NCCOC. The highest BCUT2D eigenvalue weighted by molar-refractivity contribution is 7.91. The number of carbonyl (C=O) groups excluding carboxylic acids is 1. The van der Waals surface area contributed by atoms with Crippen LogP contribution in [0.4, 0.5) is 10.8 Å². The molecule has 0 aliphatic heterocycles. The van der Waals surface area contributed by atoms with Gasteiger partial charge in [-0.1, -0.05) is 6.92 Å². The Balaban J connectivity index is 2.82. The molecule has 8 nitrogen and oxygen atoms in total. The lowest BCUT2D eigenvalue weighted by molar-refractivity contribution is -0.121. The van der Waals surface area contributed by atoms with Crippen molar-refractivity contribution in [3.05, 3.63) is 0 Å². The van der Waals surface area contributed by atoms with Crippen LogP contribution in [-0.2, 0) is 19.4 Å². The van der Waals surface area contributed by atoms with Crippen LogP contribution in [0.3, 0.4) is 0 Å². The maximum atomic E-state index is 12.0. The van der Waals surface area contributed by atoms with Gasteiger partial charge in [-0.2, -0.15) is 4.37 Å². The van der Waals surface area contributed by atoms with Crippen molar-refractivity contribution in [1.82, 2.24) is 9.69 Å². The van der Waals surface area contributed by atoms with Crippen molar-refractivity contribution >= 4 is 38.1 Å². The van der Waals surface area contributed by atoms with Gasteiger partial charge in [0.25, 0.3) is 0 Å². The molecule has 0 radical (unpaired) electrons. The molecule has 0 aliphatic carbocycles. The zero-order chi connectivity index (χ0) is 16.0. The number of aromatic nitrogens is 1. The predicted octanol–water partition coefficient (Wildman–Crippen LogP) is 0.0819. The lowest BCUT2D eigenvalue weighted by atomic mass is 10.3. The summed E-state index contributed by atoms with van der Waals surface area (Å²) in [5, 5.41) is 5.78. The zero-order valence-corrected chi connectivity index (χ0v) is 13.8. The van der Waals surface area contributed by atoms with Gasteiger partial charge in [-0.15, -0.1) is 0 Å². The van der Waals surface area contributed by atoms with Crippen molar-refractivity contribution in [2.24, 2.45) is 0 Å². The molecule has 0 fully saturated rings. The summed E-state index contributed by atoms with van der Waals surface area (Å²) in [5.41, 5.74) is 5.62. The molecule has 0 aliphatic rings. The van der Waals surface area contributed by atoms with Gasteiger partial charge in [0.1, 0.15) is 15.9 Å². The molecule has 120 valence electrons. The van der Waals surface area contributed by atoms with Crippen LogP contribution in [0.2, 0.25) is 0 Å². The quantitative estimate of drug-likeness (QED) is 0.574. The normalized spacial score (nSPS) is 12.9. The first-order chi connectivity index (χ1) is 9.83. The number of nitrogens with zero attached hydrogens (tertiary/aromatic N) is 1. The van der Waals surface area contributed by atoms with Gasteiger partial charge in [0.15, 0.2) is 15.7 Å². The lowest BCUT2D eigenvalue weighted by Gasteiger charge is -2.14. The summed E-state index contributed by atoms with van der Waals surface area (Å²) in [6.45, 7) is 3.94. The Labute approximate surface area is 128 Å². The first kappa shape index (κ1) is 17.7. The van der Waals surface area contributed by atoms with Gasteiger partial charge in [0, 0.05) is 13.7 Å². The molecule has 1 atom stereocenters. The Hall–Kier alpha value is -1.39. The van der Waals surface area contributed by atoms with Crippen LogP contribution in [0.15, 0.2) is 4.90 Å². The number of nitrogens with two attached hydrogens (primary N) is 1. The minimum atomic E-state index is -3.50. The number of amides is 1. The lowest BCUT2D eigenvalue weighted by Crippen LogP contribution is -2.39. The summed E-state index contributed by atoms with van der Waals surface area (Å²) in [5.74, 6) is -0.395. The third-order valence-electron chi connectivity index (χ3n) is 2.71. The molecule has 1 heterocycles. The van der Waals surface area contributed by atoms with E-state index in [1.54, 1.807) is 6.92 Å². The van der Waals surface area contributed by atoms with E-state index in [4.69, 9.17) is 10.5 Å². The number of nitrogen functional groups attached to an aromatic ring is 1. The molecule has 0 bridgehead atoms. The smallest absolute Gasteiger partial charge is 0.242 e. The van der Waals surface area contributed by atoms with E-state index >= 15 is 0 Å². The monoisotopic (exact) mass is 336 g/mol. The summed E-state index contributed by atoms with van der Waals surface area (Å²) in [6, 6.07) is -0.618. The van der Waals surface area contributed by atoms with Gasteiger partial charge in [0.2, 0.25) is 5.91 Å². The number of anilines is 2. The number of nitrogens with one attached hydrogen (secondary N) is 2. The maximum absolute atomic E-state index is 12.0. The fraction of sp³-hybridized carbons (Fsp3) is 0.636. The second-order valence-corrected chi connectivity index (χ2v) is 7.27. The Morgan fingerprint density at radius 1 is 1.52 bits per heavy atom. The van der Waals surface area contributed by atoms with Gasteiger partial charge < -0.3 is 21.1 Å². The number of hydrogen-bond acceptors (Lipinski definition) is 8. The average molecular weight is 336 g/mol. The van der Waals surface area contributed by atoms with Gasteiger partial charge in [0.05, 0.1) is 12.4 Å². The van der Waals surface area contributed by atoms with E-state index in [0.717, 1.165) is 11.5 Å². The average Bonchev–Trinajstić information content (AvgIpc) is 2.80. The van der Waals surface area contributed by atoms with Gasteiger partial charge in [-0.25, -0.2) is 8.42 Å². The molecule has 1 amide bonds. The van der Waals surface area contributed by atoms with Crippen LogP contribution < -0.4 is 16.4 Å². The molecule has 0 spiro atoms. The minimum absolute atomic E-state index is 0.0356. The van der Waals surface area contributed by atoms with Gasteiger partial charge >= 0.3 is 0 Å². The van der Waals surface area contributed by atoms with Crippen LogP contribution in [0.1, 0.15) is 13.8 Å². The molecule has 21 heavy (non-hydrogen) atoms. The Morgan fingerprint density at radius 3 is 2.76 bits per heavy atom. The number of carbonyl (C=O) groups is 1. The first-order valence-corrected chi connectivity index (χ1v) is 8.77. The summed E-state index contributed by atoms with van der Waals surface area (Å²) in [4.78, 5) is 11.8. The van der Waals surface area contributed by atoms with Crippen LogP contribution in [0.25, 0.3) is 0 Å². The summed E-state index contributed by atoms with van der Waals surface area (Å²) in [6.07, 6.45) is 0. The number of hydrogen-bond donors (Lipinski definition) is 3. The third-order valence-corrected chi connectivity index (χ3v) is 5.43.